The van der Waals surface area contributed by atoms with Gasteiger partial charge in [-0.3, -0.25) is 5.43 Å². The van der Waals surface area contributed by atoms with Crippen LogP contribution in [0.25, 0.3) is 0 Å². The predicted octanol–water partition coefficient (Wildman–Crippen LogP) is 2.74. The van der Waals surface area contributed by atoms with Crippen molar-refractivity contribution in [2.75, 3.05) is 20.8 Å². The van der Waals surface area contributed by atoms with E-state index in [0.717, 1.165) is 12.1 Å². The first-order valence-electron chi connectivity index (χ1n) is 8.18. The number of hydrogen-bond donors (Lipinski definition) is 2. The van der Waals surface area contributed by atoms with Gasteiger partial charge in [0.2, 0.25) is 0 Å². The second-order valence-electron chi connectivity index (χ2n) is 5.26. The molecule has 0 saturated heterocycles. The number of esters is 1. The van der Waals surface area contributed by atoms with E-state index in [2.05, 4.69) is 15.8 Å². The number of ether oxygens (including phenoxy) is 3. The zero-order chi connectivity index (χ0) is 19.6. The number of thiocarbonyl (C=S) groups is 1. The molecule has 27 heavy (non-hydrogen) atoms. The molecule has 0 aromatic heterocycles. The Kier molecular flexibility index (Phi) is 7.57. The molecule has 0 aliphatic heterocycles. The molecule has 2 aromatic carbocycles. The number of carbonyl (C=O) groups excluding carboxylic acids is 1. The Balaban J connectivity index is 1.98. The molecular weight excluding hydrogens is 366 g/mol. The van der Waals surface area contributed by atoms with Gasteiger partial charge in [0.1, 0.15) is 5.75 Å². The number of hydrazone groups is 1. The zero-order valence-corrected chi connectivity index (χ0v) is 16.1. The van der Waals surface area contributed by atoms with Crippen LogP contribution in [0.15, 0.2) is 47.6 Å². The van der Waals surface area contributed by atoms with Crippen molar-refractivity contribution < 1.29 is 19.0 Å². The molecule has 0 fully saturated rings. The topological polar surface area (TPSA) is 81.2 Å². The van der Waals surface area contributed by atoms with E-state index in [1.807, 2.05) is 6.92 Å². The van der Waals surface area contributed by atoms with Crippen LogP contribution < -0.4 is 25.0 Å². The molecule has 8 heteroatoms. The lowest BCUT2D eigenvalue weighted by atomic mass is 10.2. The van der Waals surface area contributed by atoms with Crippen molar-refractivity contribution in [2.45, 2.75) is 6.92 Å². The molecule has 0 spiro atoms. The van der Waals surface area contributed by atoms with Gasteiger partial charge >= 0.3 is 5.97 Å². The molecule has 2 N–H and O–H groups in total. The van der Waals surface area contributed by atoms with E-state index in [1.54, 1.807) is 48.7 Å². The summed E-state index contributed by atoms with van der Waals surface area (Å²) in [5.74, 6) is 0.930. The standard InChI is InChI=1S/C19H21N3O4S/c1-4-20-19(27)22-21-12-13-5-8-15(9-6-13)26-18(23)14-7-10-16(24-2)17(11-14)25-3/h5-12H,4H2,1-3H3,(H2,20,22,27)/b21-12+. The Hall–Kier alpha value is -3.13. The largest absolute Gasteiger partial charge is 0.493 e. The molecule has 0 amide bonds. The van der Waals surface area contributed by atoms with Crippen LogP contribution >= 0.6 is 12.2 Å². The summed E-state index contributed by atoms with van der Waals surface area (Å²) in [4.78, 5) is 12.3. The van der Waals surface area contributed by atoms with E-state index in [1.165, 1.54) is 14.2 Å². The second-order valence-corrected chi connectivity index (χ2v) is 5.67. The summed E-state index contributed by atoms with van der Waals surface area (Å²) in [5, 5.41) is 7.40. The summed E-state index contributed by atoms with van der Waals surface area (Å²) in [6, 6.07) is 11.8. The lowest BCUT2D eigenvalue weighted by molar-refractivity contribution is 0.0734. The van der Waals surface area contributed by atoms with Crippen molar-refractivity contribution in [3.8, 4) is 17.2 Å². The van der Waals surface area contributed by atoms with E-state index in [4.69, 9.17) is 26.4 Å². The van der Waals surface area contributed by atoms with Crippen LogP contribution in [0.2, 0.25) is 0 Å². The number of nitrogens with zero attached hydrogens (tertiary/aromatic N) is 1. The first-order valence-corrected chi connectivity index (χ1v) is 8.59. The Morgan fingerprint density at radius 3 is 2.44 bits per heavy atom. The maximum Gasteiger partial charge on any atom is 0.343 e. The highest BCUT2D eigenvalue weighted by Gasteiger charge is 2.12. The van der Waals surface area contributed by atoms with Gasteiger partial charge in [-0.05, 0) is 67.2 Å². The predicted molar refractivity (Wildman–Crippen MR) is 108 cm³/mol. The molecule has 2 rings (SSSR count). The van der Waals surface area contributed by atoms with Gasteiger partial charge in [-0.25, -0.2) is 4.79 Å². The van der Waals surface area contributed by atoms with Gasteiger partial charge in [0, 0.05) is 6.54 Å². The normalized spacial score (nSPS) is 10.3. The first kappa shape index (κ1) is 20.2. The van der Waals surface area contributed by atoms with Crippen LogP contribution in [-0.4, -0.2) is 38.1 Å². The molecule has 2 aromatic rings. The fraction of sp³-hybridized carbons (Fsp3) is 0.211. The Morgan fingerprint density at radius 1 is 1.11 bits per heavy atom. The summed E-state index contributed by atoms with van der Waals surface area (Å²) in [6.07, 6.45) is 1.61. The zero-order valence-electron chi connectivity index (χ0n) is 15.3. The molecule has 0 heterocycles. The fourth-order valence-corrected chi connectivity index (χ4v) is 2.31. The van der Waals surface area contributed by atoms with E-state index < -0.39 is 5.97 Å². The van der Waals surface area contributed by atoms with E-state index in [9.17, 15) is 4.79 Å². The van der Waals surface area contributed by atoms with Crippen molar-refractivity contribution in [2.24, 2.45) is 5.10 Å². The van der Waals surface area contributed by atoms with Crippen LogP contribution in [-0.2, 0) is 0 Å². The Labute approximate surface area is 163 Å². The van der Waals surface area contributed by atoms with Crippen molar-refractivity contribution in [1.29, 1.82) is 0 Å². The molecule has 0 radical (unpaired) electrons. The fourth-order valence-electron chi connectivity index (χ4n) is 2.12. The minimum Gasteiger partial charge on any atom is -0.493 e. The number of hydrogen-bond acceptors (Lipinski definition) is 6. The average molecular weight is 387 g/mol. The van der Waals surface area contributed by atoms with Crippen molar-refractivity contribution >= 4 is 29.5 Å². The van der Waals surface area contributed by atoms with Crippen molar-refractivity contribution in [3.63, 3.8) is 0 Å². The van der Waals surface area contributed by atoms with Crippen molar-refractivity contribution in [1.82, 2.24) is 10.7 Å². The monoisotopic (exact) mass is 387 g/mol. The number of carbonyl (C=O) groups is 1. The molecule has 142 valence electrons. The van der Waals surface area contributed by atoms with Crippen LogP contribution in [0.3, 0.4) is 0 Å². The van der Waals surface area contributed by atoms with Gasteiger partial charge in [0.25, 0.3) is 0 Å². The summed E-state index contributed by atoms with van der Waals surface area (Å²) >= 11 is 5.01. The molecule has 0 aliphatic rings. The summed E-state index contributed by atoms with van der Waals surface area (Å²) in [6.45, 7) is 2.67. The summed E-state index contributed by atoms with van der Waals surface area (Å²) < 4.78 is 15.7. The number of nitrogens with one attached hydrogen (secondary N) is 2. The van der Waals surface area contributed by atoms with Gasteiger partial charge in [-0.15, -0.1) is 0 Å². The minimum atomic E-state index is -0.491. The van der Waals surface area contributed by atoms with Gasteiger partial charge in [0.05, 0.1) is 26.0 Å². The Bertz CT molecular complexity index is 822. The maximum absolute atomic E-state index is 12.3. The quantitative estimate of drug-likeness (QED) is 0.249. The van der Waals surface area contributed by atoms with Gasteiger partial charge in [-0.2, -0.15) is 5.10 Å². The first-order chi connectivity index (χ1) is 13.1. The highest BCUT2D eigenvalue weighted by Crippen LogP contribution is 2.28. The van der Waals surface area contributed by atoms with Crippen LogP contribution in [0.5, 0.6) is 17.2 Å². The van der Waals surface area contributed by atoms with Crippen LogP contribution in [0, 0.1) is 0 Å². The van der Waals surface area contributed by atoms with E-state index in [-0.39, 0.29) is 0 Å². The molecule has 0 aliphatic carbocycles. The van der Waals surface area contributed by atoms with Crippen LogP contribution in [0.1, 0.15) is 22.8 Å². The van der Waals surface area contributed by atoms with E-state index in [0.29, 0.717) is 27.9 Å². The molecule has 0 atom stereocenters. The smallest absolute Gasteiger partial charge is 0.343 e. The lowest BCUT2D eigenvalue weighted by Gasteiger charge is -2.09. The minimum absolute atomic E-state index is 0.361. The molecule has 7 nitrogen and oxygen atoms in total. The third-order valence-corrected chi connectivity index (χ3v) is 3.66. The molecule has 0 saturated carbocycles. The summed E-state index contributed by atoms with van der Waals surface area (Å²) in [7, 11) is 3.04. The third-order valence-electron chi connectivity index (χ3n) is 3.43. The third kappa shape index (κ3) is 5.96. The highest BCUT2D eigenvalue weighted by molar-refractivity contribution is 7.80. The number of methoxy groups -OCH3 is 2. The van der Waals surface area contributed by atoms with E-state index >= 15 is 0 Å². The SMILES string of the molecule is CCNC(=S)N/N=C/c1ccc(OC(=O)c2ccc(OC)c(OC)c2)cc1. The average Bonchev–Trinajstić information content (AvgIpc) is 2.69. The Morgan fingerprint density at radius 2 is 1.81 bits per heavy atom. The molecule has 0 unspecified atom stereocenters. The number of benzene rings is 2. The van der Waals surface area contributed by atoms with Gasteiger partial charge < -0.3 is 19.5 Å². The van der Waals surface area contributed by atoms with Crippen LogP contribution in [0.4, 0.5) is 0 Å². The molecule has 0 bridgehead atoms. The molecular formula is C19H21N3O4S. The lowest BCUT2D eigenvalue weighted by Crippen LogP contribution is -2.31. The maximum atomic E-state index is 12.3. The van der Waals surface area contributed by atoms with Crippen molar-refractivity contribution in [3.05, 3.63) is 53.6 Å². The highest BCUT2D eigenvalue weighted by atomic mass is 32.1. The number of rotatable bonds is 7. The second kappa shape index (κ2) is 10.1. The van der Waals surface area contributed by atoms with Gasteiger partial charge in [-0.1, -0.05) is 0 Å². The summed E-state index contributed by atoms with van der Waals surface area (Å²) in [5.41, 5.74) is 3.89. The van der Waals surface area contributed by atoms with Gasteiger partial charge in [0.15, 0.2) is 16.6 Å².